The number of benzene rings is 1. The van der Waals surface area contributed by atoms with E-state index in [1.54, 1.807) is 14.2 Å². The normalized spacial score (nSPS) is 10.9. The summed E-state index contributed by atoms with van der Waals surface area (Å²) in [6.45, 7) is 5.17. The first kappa shape index (κ1) is 15.4. The Kier molecular flexibility index (Phi) is 5.22. The third-order valence-electron chi connectivity index (χ3n) is 3.24. The molecular weight excluding hydrogens is 266 g/mol. The van der Waals surface area contributed by atoms with Crippen LogP contribution in [0, 0.1) is 0 Å². The molecule has 114 valence electrons. The predicted octanol–water partition coefficient (Wildman–Crippen LogP) is 2.63. The molecule has 0 spiro atoms. The van der Waals surface area contributed by atoms with Crippen molar-refractivity contribution in [2.45, 2.75) is 26.3 Å². The van der Waals surface area contributed by atoms with E-state index >= 15 is 0 Å². The quantitative estimate of drug-likeness (QED) is 0.822. The van der Waals surface area contributed by atoms with E-state index in [0.717, 1.165) is 41.5 Å². The fourth-order valence-electron chi connectivity index (χ4n) is 2.13. The van der Waals surface area contributed by atoms with Crippen molar-refractivity contribution in [2.24, 2.45) is 0 Å². The summed E-state index contributed by atoms with van der Waals surface area (Å²) in [7, 11) is 3.32. The van der Waals surface area contributed by atoms with Gasteiger partial charge in [-0.2, -0.15) is 0 Å². The van der Waals surface area contributed by atoms with Gasteiger partial charge in [-0.15, -0.1) is 0 Å². The van der Waals surface area contributed by atoms with E-state index in [2.05, 4.69) is 29.1 Å². The summed E-state index contributed by atoms with van der Waals surface area (Å²) in [4.78, 5) is 7.77. The first-order valence-electron chi connectivity index (χ1n) is 7.13. The van der Waals surface area contributed by atoms with E-state index in [1.165, 1.54) is 0 Å². The predicted molar refractivity (Wildman–Crippen MR) is 84.0 cm³/mol. The van der Waals surface area contributed by atoms with Crippen LogP contribution in [0.25, 0.3) is 11.3 Å². The van der Waals surface area contributed by atoms with Gasteiger partial charge in [0.1, 0.15) is 17.3 Å². The monoisotopic (exact) mass is 289 g/mol. The van der Waals surface area contributed by atoms with Gasteiger partial charge in [-0.1, -0.05) is 13.8 Å². The van der Waals surface area contributed by atoms with Crippen molar-refractivity contribution >= 4 is 0 Å². The molecule has 0 bridgehead atoms. The molecule has 0 aliphatic heterocycles. The molecule has 0 amide bonds. The Morgan fingerprint density at radius 3 is 2.71 bits per heavy atom. The van der Waals surface area contributed by atoms with Gasteiger partial charge < -0.3 is 19.8 Å². The van der Waals surface area contributed by atoms with Crippen LogP contribution in [-0.2, 0) is 6.42 Å². The van der Waals surface area contributed by atoms with Gasteiger partial charge in [0.05, 0.1) is 26.1 Å². The number of aromatic nitrogens is 2. The summed E-state index contributed by atoms with van der Waals surface area (Å²) in [5.41, 5.74) is 1.89. The molecule has 0 aliphatic rings. The number of aromatic amines is 1. The average Bonchev–Trinajstić information content (AvgIpc) is 2.95. The molecule has 1 heterocycles. The van der Waals surface area contributed by atoms with Crippen molar-refractivity contribution in [1.29, 1.82) is 0 Å². The number of nitrogens with one attached hydrogen (secondary N) is 2. The number of imidazole rings is 1. The molecule has 0 fully saturated rings. The molecule has 0 radical (unpaired) electrons. The maximum absolute atomic E-state index is 5.41. The minimum Gasteiger partial charge on any atom is -0.497 e. The zero-order chi connectivity index (χ0) is 15.2. The second-order valence-corrected chi connectivity index (χ2v) is 5.17. The van der Waals surface area contributed by atoms with Crippen molar-refractivity contribution in [3.8, 4) is 22.8 Å². The van der Waals surface area contributed by atoms with Gasteiger partial charge in [-0.3, -0.25) is 0 Å². The van der Waals surface area contributed by atoms with Crippen LogP contribution in [0.15, 0.2) is 24.4 Å². The van der Waals surface area contributed by atoms with Gasteiger partial charge in [0.15, 0.2) is 0 Å². The lowest BCUT2D eigenvalue weighted by atomic mass is 10.1. The first-order chi connectivity index (χ1) is 10.1. The number of hydrogen-bond acceptors (Lipinski definition) is 4. The molecule has 1 aromatic carbocycles. The van der Waals surface area contributed by atoms with Crippen molar-refractivity contribution in [3.05, 3.63) is 30.2 Å². The standard InChI is InChI=1S/C16H23N3O2/c1-11(2)17-8-7-16-18-10-14(19-16)13-9-12(20-3)5-6-15(13)21-4/h5-6,9-11,17H,7-8H2,1-4H3,(H,18,19). The maximum Gasteiger partial charge on any atom is 0.128 e. The van der Waals surface area contributed by atoms with Crippen LogP contribution in [-0.4, -0.2) is 36.8 Å². The topological polar surface area (TPSA) is 59.2 Å². The molecular formula is C16H23N3O2. The lowest BCUT2D eigenvalue weighted by molar-refractivity contribution is 0.404. The Morgan fingerprint density at radius 1 is 1.24 bits per heavy atom. The molecule has 2 rings (SSSR count). The SMILES string of the molecule is COc1ccc(OC)c(-c2cnc(CCNC(C)C)[nH]2)c1. The Morgan fingerprint density at radius 2 is 2.05 bits per heavy atom. The van der Waals surface area contributed by atoms with Crippen LogP contribution in [0.2, 0.25) is 0 Å². The number of hydrogen-bond donors (Lipinski definition) is 2. The van der Waals surface area contributed by atoms with Crippen LogP contribution in [0.4, 0.5) is 0 Å². The van der Waals surface area contributed by atoms with E-state index in [-0.39, 0.29) is 0 Å². The fourth-order valence-corrected chi connectivity index (χ4v) is 2.13. The average molecular weight is 289 g/mol. The Labute approximate surface area is 125 Å². The molecule has 5 heteroatoms. The van der Waals surface area contributed by atoms with Crippen LogP contribution in [0.5, 0.6) is 11.5 Å². The number of rotatable bonds is 7. The first-order valence-corrected chi connectivity index (χ1v) is 7.13. The highest BCUT2D eigenvalue weighted by atomic mass is 16.5. The van der Waals surface area contributed by atoms with Gasteiger partial charge in [0, 0.05) is 24.6 Å². The van der Waals surface area contributed by atoms with E-state index < -0.39 is 0 Å². The number of nitrogens with zero attached hydrogens (tertiary/aromatic N) is 1. The molecule has 0 aliphatic carbocycles. The summed E-state index contributed by atoms with van der Waals surface area (Å²) in [5, 5.41) is 3.38. The molecule has 1 aromatic heterocycles. The highest BCUT2D eigenvalue weighted by Crippen LogP contribution is 2.32. The van der Waals surface area contributed by atoms with Crippen molar-refractivity contribution in [3.63, 3.8) is 0 Å². The van der Waals surface area contributed by atoms with E-state index in [0.29, 0.717) is 6.04 Å². The molecule has 0 saturated heterocycles. The fraction of sp³-hybridized carbons (Fsp3) is 0.438. The summed E-state index contributed by atoms with van der Waals surface area (Å²) < 4.78 is 10.7. The van der Waals surface area contributed by atoms with E-state index in [1.807, 2.05) is 24.4 Å². The molecule has 0 unspecified atom stereocenters. The summed E-state index contributed by atoms with van der Waals surface area (Å²) >= 11 is 0. The zero-order valence-corrected chi connectivity index (χ0v) is 13.1. The summed E-state index contributed by atoms with van der Waals surface area (Å²) in [6.07, 6.45) is 2.70. The second kappa shape index (κ2) is 7.13. The van der Waals surface area contributed by atoms with Crippen LogP contribution >= 0.6 is 0 Å². The van der Waals surface area contributed by atoms with Crippen molar-refractivity contribution in [1.82, 2.24) is 15.3 Å². The third-order valence-corrected chi connectivity index (χ3v) is 3.24. The highest BCUT2D eigenvalue weighted by molar-refractivity contribution is 5.68. The lowest BCUT2D eigenvalue weighted by Crippen LogP contribution is -2.25. The smallest absolute Gasteiger partial charge is 0.128 e. The third kappa shape index (κ3) is 3.98. The largest absolute Gasteiger partial charge is 0.497 e. The maximum atomic E-state index is 5.41. The highest BCUT2D eigenvalue weighted by Gasteiger charge is 2.10. The van der Waals surface area contributed by atoms with E-state index in [9.17, 15) is 0 Å². The zero-order valence-electron chi connectivity index (χ0n) is 13.1. The minimum absolute atomic E-state index is 0.484. The second-order valence-electron chi connectivity index (χ2n) is 5.17. The molecule has 0 atom stereocenters. The Bertz CT molecular complexity index is 579. The molecule has 2 aromatic rings. The molecule has 2 N–H and O–H groups in total. The van der Waals surface area contributed by atoms with Crippen LogP contribution < -0.4 is 14.8 Å². The molecule has 21 heavy (non-hydrogen) atoms. The van der Waals surface area contributed by atoms with Crippen molar-refractivity contribution < 1.29 is 9.47 Å². The lowest BCUT2D eigenvalue weighted by Gasteiger charge is -2.09. The van der Waals surface area contributed by atoms with Crippen molar-refractivity contribution in [2.75, 3.05) is 20.8 Å². The molecule has 0 saturated carbocycles. The van der Waals surface area contributed by atoms with Crippen LogP contribution in [0.3, 0.4) is 0 Å². The number of methoxy groups -OCH3 is 2. The number of H-pyrrole nitrogens is 1. The van der Waals surface area contributed by atoms with Gasteiger partial charge in [-0.25, -0.2) is 4.98 Å². The van der Waals surface area contributed by atoms with E-state index in [4.69, 9.17) is 9.47 Å². The van der Waals surface area contributed by atoms with Gasteiger partial charge in [0.25, 0.3) is 0 Å². The van der Waals surface area contributed by atoms with Gasteiger partial charge in [0.2, 0.25) is 0 Å². The summed E-state index contributed by atoms with van der Waals surface area (Å²) in [6, 6.07) is 6.21. The Hall–Kier alpha value is -2.01. The summed E-state index contributed by atoms with van der Waals surface area (Å²) in [5.74, 6) is 2.55. The Balaban J connectivity index is 2.16. The minimum atomic E-state index is 0.484. The van der Waals surface area contributed by atoms with Gasteiger partial charge in [-0.05, 0) is 18.2 Å². The van der Waals surface area contributed by atoms with Crippen LogP contribution in [0.1, 0.15) is 19.7 Å². The van der Waals surface area contributed by atoms with Gasteiger partial charge >= 0.3 is 0 Å². The number of ether oxygens (including phenoxy) is 2. The molecule has 5 nitrogen and oxygen atoms in total.